The zero-order chi connectivity index (χ0) is 16.4. The van der Waals surface area contributed by atoms with Crippen molar-refractivity contribution in [1.29, 1.82) is 0 Å². The van der Waals surface area contributed by atoms with Gasteiger partial charge in [-0.25, -0.2) is 0 Å². The molecule has 4 nitrogen and oxygen atoms in total. The third-order valence-corrected chi connectivity index (χ3v) is 3.68. The van der Waals surface area contributed by atoms with E-state index in [1.807, 2.05) is 32.0 Å². The van der Waals surface area contributed by atoms with Gasteiger partial charge in [-0.05, 0) is 31.9 Å². The Morgan fingerprint density at radius 3 is 2.59 bits per heavy atom. The molecule has 0 aromatic heterocycles. The molecule has 0 aliphatic heterocycles. The summed E-state index contributed by atoms with van der Waals surface area (Å²) in [4.78, 5) is 23.8. The van der Waals surface area contributed by atoms with E-state index in [1.54, 1.807) is 6.07 Å². The minimum atomic E-state index is -0.123. The lowest BCUT2D eigenvalue weighted by Crippen LogP contribution is -2.35. The number of amides is 2. The molecule has 1 aromatic rings. The highest BCUT2D eigenvalue weighted by molar-refractivity contribution is 5.95. The van der Waals surface area contributed by atoms with E-state index in [0.29, 0.717) is 18.5 Å². The second-order valence-electron chi connectivity index (χ2n) is 5.79. The Kier molecular flexibility index (Phi) is 8.26. The van der Waals surface area contributed by atoms with Crippen molar-refractivity contribution in [2.45, 2.75) is 58.9 Å². The fourth-order valence-electron chi connectivity index (χ4n) is 2.33. The first kappa shape index (κ1) is 18.2. The van der Waals surface area contributed by atoms with Crippen molar-refractivity contribution >= 4 is 11.8 Å². The minimum absolute atomic E-state index is 0.00548. The summed E-state index contributed by atoms with van der Waals surface area (Å²) in [5.41, 5.74) is 1.60. The molecular weight excluding hydrogens is 276 g/mol. The summed E-state index contributed by atoms with van der Waals surface area (Å²) in [5, 5.41) is 5.77. The van der Waals surface area contributed by atoms with Gasteiger partial charge < -0.3 is 10.6 Å². The Balaban J connectivity index is 2.25. The maximum Gasteiger partial charge on any atom is 0.251 e. The van der Waals surface area contributed by atoms with Gasteiger partial charge in [0.05, 0.1) is 0 Å². The lowest BCUT2D eigenvalue weighted by molar-refractivity contribution is -0.121. The number of carbonyl (C=O) groups excluding carboxylic acids is 2. The maximum atomic E-state index is 12.0. The van der Waals surface area contributed by atoms with Gasteiger partial charge >= 0.3 is 0 Å². The molecule has 22 heavy (non-hydrogen) atoms. The smallest absolute Gasteiger partial charge is 0.251 e. The quantitative estimate of drug-likeness (QED) is 0.688. The Bertz CT molecular complexity index is 486. The molecule has 1 atom stereocenters. The Labute approximate surface area is 133 Å². The molecule has 0 saturated heterocycles. The van der Waals surface area contributed by atoms with Crippen molar-refractivity contribution in [2.75, 3.05) is 6.54 Å². The first-order valence-electron chi connectivity index (χ1n) is 8.17. The second-order valence-corrected chi connectivity index (χ2v) is 5.79. The largest absolute Gasteiger partial charge is 0.354 e. The molecule has 0 spiro atoms. The van der Waals surface area contributed by atoms with Crippen LogP contribution in [0.2, 0.25) is 0 Å². The summed E-state index contributed by atoms with van der Waals surface area (Å²) in [6, 6.07) is 7.64. The normalized spacial score (nSPS) is 11.8. The van der Waals surface area contributed by atoms with Gasteiger partial charge in [0, 0.05) is 24.6 Å². The highest BCUT2D eigenvalue weighted by atomic mass is 16.2. The summed E-state index contributed by atoms with van der Waals surface area (Å²) in [6.07, 6.45) is 4.85. The zero-order valence-electron chi connectivity index (χ0n) is 13.9. The Hall–Kier alpha value is -1.84. The van der Waals surface area contributed by atoms with Gasteiger partial charge in [-0.15, -0.1) is 0 Å². The van der Waals surface area contributed by atoms with Gasteiger partial charge in [-0.1, -0.05) is 44.4 Å². The number of nitrogens with one attached hydrogen (secondary N) is 2. The first-order valence-corrected chi connectivity index (χ1v) is 8.17. The standard InChI is InChI=1S/C18H28N2O2/c1-4-5-6-10-15(3)20-17(21)12-13-19-18(22)16-11-8-7-9-14(16)2/h7-9,11,15H,4-6,10,12-13H2,1-3H3,(H,19,22)(H,20,21). The zero-order valence-corrected chi connectivity index (χ0v) is 13.9. The molecule has 0 saturated carbocycles. The van der Waals surface area contributed by atoms with Crippen molar-refractivity contribution in [3.63, 3.8) is 0 Å². The molecule has 2 amide bonds. The van der Waals surface area contributed by atoms with Crippen LogP contribution in [-0.2, 0) is 4.79 Å². The van der Waals surface area contributed by atoms with E-state index in [0.717, 1.165) is 18.4 Å². The molecule has 0 fully saturated rings. The van der Waals surface area contributed by atoms with Crippen LogP contribution in [0.4, 0.5) is 0 Å². The predicted molar refractivity (Wildman–Crippen MR) is 89.9 cm³/mol. The highest BCUT2D eigenvalue weighted by Gasteiger charge is 2.10. The van der Waals surface area contributed by atoms with E-state index in [2.05, 4.69) is 17.6 Å². The lowest BCUT2D eigenvalue weighted by Gasteiger charge is -2.14. The predicted octanol–water partition coefficient (Wildman–Crippen LogP) is 3.20. The fourth-order valence-corrected chi connectivity index (χ4v) is 2.33. The first-order chi connectivity index (χ1) is 10.5. The Morgan fingerprint density at radius 1 is 1.18 bits per heavy atom. The monoisotopic (exact) mass is 304 g/mol. The van der Waals surface area contributed by atoms with Crippen LogP contribution in [0, 0.1) is 6.92 Å². The van der Waals surface area contributed by atoms with Crippen molar-refractivity contribution in [1.82, 2.24) is 10.6 Å². The highest BCUT2D eigenvalue weighted by Crippen LogP contribution is 2.06. The molecule has 1 unspecified atom stereocenters. The molecule has 1 aromatic carbocycles. The topological polar surface area (TPSA) is 58.2 Å². The molecule has 0 aliphatic carbocycles. The van der Waals surface area contributed by atoms with Crippen LogP contribution < -0.4 is 10.6 Å². The Morgan fingerprint density at radius 2 is 1.91 bits per heavy atom. The summed E-state index contributed by atoms with van der Waals surface area (Å²) in [6.45, 7) is 6.46. The molecule has 1 rings (SSSR count). The average Bonchev–Trinajstić information content (AvgIpc) is 2.47. The van der Waals surface area contributed by atoms with Crippen LogP contribution in [-0.4, -0.2) is 24.4 Å². The van der Waals surface area contributed by atoms with E-state index in [4.69, 9.17) is 0 Å². The van der Waals surface area contributed by atoms with Crippen LogP contribution in [0.25, 0.3) is 0 Å². The van der Waals surface area contributed by atoms with Crippen molar-refractivity contribution < 1.29 is 9.59 Å². The van der Waals surface area contributed by atoms with E-state index < -0.39 is 0 Å². The number of benzene rings is 1. The molecular formula is C18H28N2O2. The number of unbranched alkanes of at least 4 members (excludes halogenated alkanes) is 2. The number of rotatable bonds is 9. The minimum Gasteiger partial charge on any atom is -0.354 e. The van der Waals surface area contributed by atoms with E-state index in [1.165, 1.54) is 12.8 Å². The van der Waals surface area contributed by atoms with Crippen molar-refractivity contribution in [3.8, 4) is 0 Å². The maximum absolute atomic E-state index is 12.0. The third-order valence-electron chi connectivity index (χ3n) is 3.68. The van der Waals surface area contributed by atoms with Crippen molar-refractivity contribution in [3.05, 3.63) is 35.4 Å². The van der Waals surface area contributed by atoms with Crippen LogP contribution in [0.3, 0.4) is 0 Å². The summed E-state index contributed by atoms with van der Waals surface area (Å²) >= 11 is 0. The summed E-state index contributed by atoms with van der Waals surface area (Å²) in [7, 11) is 0. The fraction of sp³-hybridized carbons (Fsp3) is 0.556. The third kappa shape index (κ3) is 6.74. The summed E-state index contributed by atoms with van der Waals surface area (Å²) in [5.74, 6) is -0.129. The molecule has 0 aliphatic rings. The van der Waals surface area contributed by atoms with Crippen LogP contribution >= 0.6 is 0 Å². The van der Waals surface area contributed by atoms with Gasteiger partial charge in [0.15, 0.2) is 0 Å². The van der Waals surface area contributed by atoms with Gasteiger partial charge in [0.25, 0.3) is 5.91 Å². The molecule has 2 N–H and O–H groups in total. The molecule has 122 valence electrons. The molecule has 0 heterocycles. The SMILES string of the molecule is CCCCCC(C)NC(=O)CCNC(=O)c1ccccc1C. The van der Waals surface area contributed by atoms with Crippen LogP contribution in [0.5, 0.6) is 0 Å². The van der Waals surface area contributed by atoms with E-state index in [9.17, 15) is 9.59 Å². The van der Waals surface area contributed by atoms with Gasteiger partial charge in [0.2, 0.25) is 5.91 Å². The summed E-state index contributed by atoms with van der Waals surface area (Å²) < 4.78 is 0. The molecule has 4 heteroatoms. The van der Waals surface area contributed by atoms with Crippen LogP contribution in [0.15, 0.2) is 24.3 Å². The van der Waals surface area contributed by atoms with Crippen LogP contribution in [0.1, 0.15) is 61.9 Å². The number of hydrogen-bond acceptors (Lipinski definition) is 2. The number of carbonyl (C=O) groups is 2. The van der Waals surface area contributed by atoms with E-state index in [-0.39, 0.29) is 17.9 Å². The average molecular weight is 304 g/mol. The number of hydrogen-bond donors (Lipinski definition) is 2. The molecule has 0 radical (unpaired) electrons. The van der Waals surface area contributed by atoms with E-state index >= 15 is 0 Å². The number of aryl methyl sites for hydroxylation is 1. The lowest BCUT2D eigenvalue weighted by atomic mass is 10.1. The van der Waals surface area contributed by atoms with Gasteiger partial charge in [-0.3, -0.25) is 9.59 Å². The molecule has 0 bridgehead atoms. The van der Waals surface area contributed by atoms with Crippen molar-refractivity contribution in [2.24, 2.45) is 0 Å². The van der Waals surface area contributed by atoms with Gasteiger partial charge in [0.1, 0.15) is 0 Å². The second kappa shape index (κ2) is 9.98. The van der Waals surface area contributed by atoms with Gasteiger partial charge in [-0.2, -0.15) is 0 Å².